The van der Waals surface area contributed by atoms with Gasteiger partial charge in [0.25, 0.3) is 5.69 Å². The number of nitrogens with one attached hydrogen (secondary N) is 1. The SMILES string of the molecule is O=c1[nH]c2cc(Cl)c([N+](=O)[O-])cc2c(=O)o1. The van der Waals surface area contributed by atoms with E-state index < -0.39 is 22.0 Å². The van der Waals surface area contributed by atoms with Gasteiger partial charge in [-0.05, 0) is 6.07 Å². The van der Waals surface area contributed by atoms with Gasteiger partial charge in [0.1, 0.15) is 5.02 Å². The van der Waals surface area contributed by atoms with Gasteiger partial charge in [0.05, 0.1) is 15.8 Å². The Morgan fingerprint density at radius 2 is 2.06 bits per heavy atom. The highest BCUT2D eigenvalue weighted by Gasteiger charge is 2.16. The predicted molar refractivity (Wildman–Crippen MR) is 54.8 cm³/mol. The minimum absolute atomic E-state index is 0.0943. The Labute approximate surface area is 91.4 Å². The van der Waals surface area contributed by atoms with Crippen LogP contribution < -0.4 is 11.4 Å². The fourth-order valence-corrected chi connectivity index (χ4v) is 1.48. The average Bonchev–Trinajstić information content (AvgIpc) is 2.15. The molecule has 0 fully saturated rings. The van der Waals surface area contributed by atoms with Crippen molar-refractivity contribution in [3.63, 3.8) is 0 Å². The normalized spacial score (nSPS) is 10.6. The van der Waals surface area contributed by atoms with Crippen molar-refractivity contribution in [3.05, 3.63) is 48.2 Å². The van der Waals surface area contributed by atoms with Crippen LogP contribution in [0, 0.1) is 10.1 Å². The first-order chi connectivity index (χ1) is 7.49. The molecule has 2 rings (SSSR count). The van der Waals surface area contributed by atoms with Gasteiger partial charge in [-0.3, -0.25) is 15.1 Å². The van der Waals surface area contributed by atoms with E-state index in [0.29, 0.717) is 0 Å². The minimum atomic E-state index is -0.946. The van der Waals surface area contributed by atoms with Crippen LogP contribution in [0.25, 0.3) is 10.9 Å². The Bertz CT molecular complexity index is 702. The Hall–Kier alpha value is -2.15. The molecule has 0 amide bonds. The summed E-state index contributed by atoms with van der Waals surface area (Å²) in [6.45, 7) is 0. The van der Waals surface area contributed by atoms with E-state index in [9.17, 15) is 19.7 Å². The molecule has 0 radical (unpaired) electrons. The van der Waals surface area contributed by atoms with Gasteiger partial charge in [0.2, 0.25) is 0 Å². The molecule has 0 aliphatic carbocycles. The molecule has 82 valence electrons. The first-order valence-electron chi connectivity index (χ1n) is 4.00. The number of halogens is 1. The van der Waals surface area contributed by atoms with Gasteiger partial charge < -0.3 is 4.42 Å². The molecule has 1 aromatic carbocycles. The summed E-state index contributed by atoms with van der Waals surface area (Å²) >= 11 is 5.61. The number of hydrogen-bond acceptors (Lipinski definition) is 5. The van der Waals surface area contributed by atoms with Gasteiger partial charge in [0, 0.05) is 6.07 Å². The zero-order valence-electron chi connectivity index (χ0n) is 7.52. The Kier molecular flexibility index (Phi) is 2.24. The third kappa shape index (κ3) is 1.57. The van der Waals surface area contributed by atoms with Gasteiger partial charge in [-0.1, -0.05) is 11.6 Å². The van der Waals surface area contributed by atoms with E-state index in [1.165, 1.54) is 0 Å². The fraction of sp³-hybridized carbons (Fsp3) is 0. The summed E-state index contributed by atoms with van der Waals surface area (Å²) in [7, 11) is 0. The summed E-state index contributed by atoms with van der Waals surface area (Å²) in [6.07, 6.45) is 0. The van der Waals surface area contributed by atoms with Crippen LogP contribution in [0.3, 0.4) is 0 Å². The molecule has 0 aliphatic heterocycles. The molecule has 1 N–H and O–H groups in total. The summed E-state index contributed by atoms with van der Waals surface area (Å²) in [6, 6.07) is 2.09. The smallest absolute Gasteiger partial charge is 0.372 e. The first-order valence-corrected chi connectivity index (χ1v) is 4.38. The van der Waals surface area contributed by atoms with Crippen molar-refractivity contribution < 1.29 is 9.34 Å². The average molecular weight is 243 g/mol. The molecule has 0 spiro atoms. The first kappa shape index (κ1) is 10.4. The van der Waals surface area contributed by atoms with Crippen LogP contribution in [0.1, 0.15) is 0 Å². The van der Waals surface area contributed by atoms with Gasteiger partial charge in [-0.15, -0.1) is 0 Å². The topological polar surface area (TPSA) is 106 Å². The Morgan fingerprint density at radius 1 is 1.38 bits per heavy atom. The van der Waals surface area contributed by atoms with Crippen molar-refractivity contribution in [3.8, 4) is 0 Å². The van der Waals surface area contributed by atoms with Crippen molar-refractivity contribution in [2.24, 2.45) is 0 Å². The molecule has 16 heavy (non-hydrogen) atoms. The number of rotatable bonds is 1. The van der Waals surface area contributed by atoms with Gasteiger partial charge >= 0.3 is 11.4 Å². The second kappa shape index (κ2) is 3.46. The summed E-state index contributed by atoms with van der Waals surface area (Å²) in [4.78, 5) is 34.1. The quantitative estimate of drug-likeness (QED) is 0.594. The molecule has 1 aromatic heterocycles. The highest BCUT2D eigenvalue weighted by atomic mass is 35.5. The standard InChI is InChI=1S/C8H3ClN2O5/c9-4-2-5-3(1-6(4)11(14)15)7(12)16-8(13)10-5/h1-2H,(H,10,13). The van der Waals surface area contributed by atoms with Crippen LogP contribution in [0.4, 0.5) is 5.69 Å². The second-order valence-corrected chi connectivity index (χ2v) is 3.32. The third-order valence-electron chi connectivity index (χ3n) is 1.93. The molecular weight excluding hydrogens is 240 g/mol. The molecule has 1 heterocycles. The van der Waals surface area contributed by atoms with Crippen molar-refractivity contribution in [2.75, 3.05) is 0 Å². The number of aromatic amines is 1. The Morgan fingerprint density at radius 3 is 2.69 bits per heavy atom. The van der Waals surface area contributed by atoms with E-state index in [0.717, 1.165) is 12.1 Å². The maximum absolute atomic E-state index is 11.2. The predicted octanol–water partition coefficient (Wildman–Crippen LogP) is 1.04. The Balaban J connectivity index is 2.96. The van der Waals surface area contributed by atoms with Crippen LogP contribution >= 0.6 is 11.6 Å². The molecule has 0 unspecified atom stereocenters. The molecule has 0 atom stereocenters. The maximum Gasteiger partial charge on any atom is 0.419 e. The van der Waals surface area contributed by atoms with Crippen LogP contribution in [-0.2, 0) is 0 Å². The van der Waals surface area contributed by atoms with Crippen LogP contribution in [0.15, 0.2) is 26.1 Å². The lowest BCUT2D eigenvalue weighted by Gasteiger charge is -1.97. The van der Waals surface area contributed by atoms with E-state index in [1.54, 1.807) is 0 Å². The maximum atomic E-state index is 11.2. The molecule has 2 aromatic rings. The van der Waals surface area contributed by atoms with Crippen molar-refractivity contribution in [1.82, 2.24) is 4.98 Å². The molecule has 8 heteroatoms. The van der Waals surface area contributed by atoms with Gasteiger partial charge in [-0.25, -0.2) is 9.59 Å². The molecular formula is C8H3ClN2O5. The summed E-state index contributed by atoms with van der Waals surface area (Å²) < 4.78 is 4.23. The number of nitro benzene ring substituents is 1. The number of nitro groups is 1. The van der Waals surface area contributed by atoms with E-state index in [4.69, 9.17) is 11.6 Å². The molecule has 0 saturated carbocycles. The lowest BCUT2D eigenvalue weighted by Crippen LogP contribution is -2.14. The summed E-state index contributed by atoms with van der Waals surface area (Å²) in [5.74, 6) is -0.942. The van der Waals surface area contributed by atoms with Gasteiger partial charge in [0.15, 0.2) is 0 Å². The molecule has 0 aliphatic rings. The highest BCUT2D eigenvalue weighted by Crippen LogP contribution is 2.26. The lowest BCUT2D eigenvalue weighted by atomic mass is 10.2. The van der Waals surface area contributed by atoms with E-state index in [-0.39, 0.29) is 15.9 Å². The number of benzene rings is 1. The zero-order valence-corrected chi connectivity index (χ0v) is 8.28. The minimum Gasteiger partial charge on any atom is -0.372 e. The monoisotopic (exact) mass is 242 g/mol. The number of H-pyrrole nitrogens is 1. The lowest BCUT2D eigenvalue weighted by molar-refractivity contribution is -0.384. The number of nitrogens with zero attached hydrogens (tertiary/aromatic N) is 1. The van der Waals surface area contributed by atoms with Crippen molar-refractivity contribution in [2.45, 2.75) is 0 Å². The van der Waals surface area contributed by atoms with Crippen LogP contribution in [0.2, 0.25) is 5.02 Å². The molecule has 0 saturated heterocycles. The number of aromatic nitrogens is 1. The number of fused-ring (bicyclic) bond motifs is 1. The molecule has 0 bridgehead atoms. The summed E-state index contributed by atoms with van der Waals surface area (Å²) in [5.41, 5.74) is -1.27. The largest absolute Gasteiger partial charge is 0.419 e. The zero-order chi connectivity index (χ0) is 11.9. The second-order valence-electron chi connectivity index (χ2n) is 2.91. The van der Waals surface area contributed by atoms with Gasteiger partial charge in [-0.2, -0.15) is 0 Å². The van der Waals surface area contributed by atoms with E-state index in [2.05, 4.69) is 9.40 Å². The van der Waals surface area contributed by atoms with Crippen LogP contribution in [0.5, 0.6) is 0 Å². The van der Waals surface area contributed by atoms with E-state index >= 15 is 0 Å². The third-order valence-corrected chi connectivity index (χ3v) is 2.23. The van der Waals surface area contributed by atoms with Crippen molar-refractivity contribution in [1.29, 1.82) is 0 Å². The number of hydrogen-bond donors (Lipinski definition) is 1. The fourth-order valence-electron chi connectivity index (χ4n) is 1.25. The molecule has 7 nitrogen and oxygen atoms in total. The summed E-state index contributed by atoms with van der Waals surface area (Å²) in [5, 5.41) is 10.3. The highest BCUT2D eigenvalue weighted by molar-refractivity contribution is 6.33. The van der Waals surface area contributed by atoms with E-state index in [1.807, 2.05) is 0 Å². The van der Waals surface area contributed by atoms with Crippen LogP contribution in [-0.4, -0.2) is 9.91 Å². The van der Waals surface area contributed by atoms with Crippen molar-refractivity contribution >= 4 is 28.2 Å².